The van der Waals surface area contributed by atoms with Crippen LogP contribution in [0.1, 0.15) is 41.6 Å². The highest BCUT2D eigenvalue weighted by atomic mass is 19.4. The Balaban J connectivity index is 1.14. The third-order valence-corrected chi connectivity index (χ3v) is 7.83. The number of aromatic nitrogens is 3. The molecule has 0 radical (unpaired) electrons. The van der Waals surface area contributed by atoms with Gasteiger partial charge in [-0.25, -0.2) is 4.52 Å². The van der Waals surface area contributed by atoms with Gasteiger partial charge in [-0.1, -0.05) is 6.08 Å². The van der Waals surface area contributed by atoms with Crippen LogP contribution in [0.3, 0.4) is 0 Å². The lowest BCUT2D eigenvalue weighted by atomic mass is 10.00. The van der Waals surface area contributed by atoms with Crippen molar-refractivity contribution in [3.63, 3.8) is 0 Å². The molecule has 10 nitrogen and oxygen atoms in total. The van der Waals surface area contributed by atoms with Crippen LogP contribution in [-0.2, 0) is 4.79 Å². The Labute approximate surface area is 248 Å². The fourth-order valence-corrected chi connectivity index (χ4v) is 5.27. The maximum Gasteiger partial charge on any atom is 0.389 e. The quantitative estimate of drug-likeness (QED) is 0.343. The van der Waals surface area contributed by atoms with Crippen LogP contribution in [0.15, 0.2) is 48.7 Å². The first-order valence-electron chi connectivity index (χ1n) is 14.6. The first-order chi connectivity index (χ1) is 20.6. The number of hydrogen-bond acceptors (Lipinski definition) is 7. The maximum atomic E-state index is 12.6. The average molecular weight is 599 g/mol. The van der Waals surface area contributed by atoms with Gasteiger partial charge in [-0.05, 0) is 68.4 Å². The number of amides is 2. The number of pyridine rings is 1. The normalized spacial score (nSPS) is 16.7. The zero-order valence-corrected chi connectivity index (χ0v) is 24.2. The van der Waals surface area contributed by atoms with Gasteiger partial charge in [0.1, 0.15) is 0 Å². The second-order valence-corrected chi connectivity index (χ2v) is 11.0. The van der Waals surface area contributed by atoms with Crippen LogP contribution in [0.25, 0.3) is 11.2 Å². The molecule has 0 spiro atoms. The lowest BCUT2D eigenvalue weighted by Gasteiger charge is -2.32. The molecular formula is C30H37F3N8O2. The molecule has 1 aromatic carbocycles. The van der Waals surface area contributed by atoms with Crippen molar-refractivity contribution in [3.05, 3.63) is 59.8 Å². The largest absolute Gasteiger partial charge is 0.389 e. The van der Waals surface area contributed by atoms with Crippen molar-refractivity contribution in [1.82, 2.24) is 34.6 Å². The molecule has 13 heteroatoms. The van der Waals surface area contributed by atoms with E-state index in [4.69, 9.17) is 0 Å². The molecule has 5 rings (SSSR count). The monoisotopic (exact) mass is 598 g/mol. The second kappa shape index (κ2) is 13.6. The summed E-state index contributed by atoms with van der Waals surface area (Å²) in [4.78, 5) is 35.6. The number of benzene rings is 1. The van der Waals surface area contributed by atoms with E-state index in [1.165, 1.54) is 4.90 Å². The van der Waals surface area contributed by atoms with E-state index in [1.807, 2.05) is 18.2 Å². The van der Waals surface area contributed by atoms with Crippen molar-refractivity contribution >= 4 is 34.7 Å². The van der Waals surface area contributed by atoms with Crippen LogP contribution < -0.4 is 10.6 Å². The maximum absolute atomic E-state index is 12.6. The van der Waals surface area contributed by atoms with E-state index in [0.717, 1.165) is 56.0 Å². The smallest absolute Gasteiger partial charge is 0.352 e. The minimum absolute atomic E-state index is 0.109. The molecule has 2 amide bonds. The van der Waals surface area contributed by atoms with E-state index in [9.17, 15) is 22.8 Å². The van der Waals surface area contributed by atoms with Crippen LogP contribution in [0, 0.1) is 0 Å². The fraction of sp³-hybridized carbons (Fsp3) is 0.467. The van der Waals surface area contributed by atoms with Gasteiger partial charge in [0.15, 0.2) is 5.65 Å². The number of alkyl halides is 3. The summed E-state index contributed by atoms with van der Waals surface area (Å²) < 4.78 is 39.1. The van der Waals surface area contributed by atoms with E-state index < -0.39 is 24.9 Å². The van der Waals surface area contributed by atoms with Crippen molar-refractivity contribution in [3.8, 4) is 0 Å². The molecule has 0 bridgehead atoms. The highest BCUT2D eigenvalue weighted by Gasteiger charge is 2.29. The van der Waals surface area contributed by atoms with Crippen LogP contribution in [0.5, 0.6) is 0 Å². The van der Waals surface area contributed by atoms with Crippen molar-refractivity contribution < 1.29 is 22.8 Å². The van der Waals surface area contributed by atoms with Gasteiger partial charge in [0.05, 0.1) is 6.42 Å². The summed E-state index contributed by atoms with van der Waals surface area (Å²) in [6.07, 6.45) is -0.931. The molecule has 0 unspecified atom stereocenters. The van der Waals surface area contributed by atoms with Crippen LogP contribution in [0.4, 0.5) is 24.8 Å². The molecule has 2 aromatic heterocycles. The Morgan fingerprint density at radius 3 is 2.49 bits per heavy atom. The summed E-state index contributed by atoms with van der Waals surface area (Å²) in [6, 6.07) is 10.9. The van der Waals surface area contributed by atoms with Crippen molar-refractivity contribution in [1.29, 1.82) is 0 Å². The topological polar surface area (TPSA) is 98.1 Å². The van der Waals surface area contributed by atoms with Crippen LogP contribution in [-0.4, -0.2) is 107 Å². The minimum atomic E-state index is -4.34. The summed E-state index contributed by atoms with van der Waals surface area (Å²) in [5.41, 5.74) is 3.74. The number of likely N-dealkylation sites (N-methyl/N-ethyl adjacent to an activating group) is 1. The summed E-state index contributed by atoms with van der Waals surface area (Å²) >= 11 is 0. The van der Waals surface area contributed by atoms with Gasteiger partial charge in [0.2, 0.25) is 11.9 Å². The molecule has 0 atom stereocenters. The lowest BCUT2D eigenvalue weighted by Crippen LogP contribution is -2.45. The number of halogens is 3. The third kappa shape index (κ3) is 8.32. The first-order valence-corrected chi connectivity index (χ1v) is 14.6. The van der Waals surface area contributed by atoms with E-state index >= 15 is 0 Å². The number of piperazine rings is 1. The molecule has 3 aromatic rings. The Kier molecular flexibility index (Phi) is 9.61. The summed E-state index contributed by atoms with van der Waals surface area (Å²) in [6.45, 7) is 6.50. The van der Waals surface area contributed by atoms with Gasteiger partial charge in [-0.15, -0.1) is 5.10 Å². The predicted molar refractivity (Wildman–Crippen MR) is 158 cm³/mol. The lowest BCUT2D eigenvalue weighted by molar-refractivity contribution is -0.148. The van der Waals surface area contributed by atoms with Gasteiger partial charge in [0.25, 0.3) is 5.91 Å². The molecule has 1 fully saturated rings. The van der Waals surface area contributed by atoms with E-state index in [-0.39, 0.29) is 12.5 Å². The zero-order chi connectivity index (χ0) is 30.4. The SMILES string of the molecule is CN1CCN(CCCNC(=O)c2ccc(Nc3nc4c(C5=CCN(C(=O)CCC(F)(F)F)CC5)cccn4n3)cc2)CC1. The van der Waals surface area contributed by atoms with Gasteiger partial charge in [-0.3, -0.25) is 9.59 Å². The molecule has 230 valence electrons. The Morgan fingerprint density at radius 1 is 1.02 bits per heavy atom. The molecule has 4 heterocycles. The van der Waals surface area contributed by atoms with E-state index in [0.29, 0.717) is 36.7 Å². The van der Waals surface area contributed by atoms with Gasteiger partial charge in [0, 0.05) is 75.2 Å². The van der Waals surface area contributed by atoms with Crippen molar-refractivity contribution in [2.45, 2.75) is 31.9 Å². The first kappa shape index (κ1) is 30.5. The number of carbonyl (C=O) groups is 2. The standard InChI is InChI=1S/C30H37F3N8O2/c1-38-18-20-39(21-19-38)14-3-13-34-28(43)23-5-7-24(8-6-23)35-29-36-27-25(4-2-15-41(27)37-29)22-10-16-40(17-11-22)26(42)9-12-30(31,32)33/h2,4-8,10,15H,3,9,11-14,16-21H2,1H3,(H,34,43)(H,35,37). The molecule has 0 saturated carbocycles. The molecular weight excluding hydrogens is 561 g/mol. The van der Waals surface area contributed by atoms with Crippen molar-refractivity contribution in [2.24, 2.45) is 0 Å². The Morgan fingerprint density at radius 2 is 1.79 bits per heavy atom. The molecule has 1 saturated heterocycles. The average Bonchev–Trinajstić information content (AvgIpc) is 3.41. The predicted octanol–water partition coefficient (Wildman–Crippen LogP) is 3.80. The molecule has 2 aliphatic rings. The Hall–Kier alpha value is -3.97. The van der Waals surface area contributed by atoms with Gasteiger partial charge in [-0.2, -0.15) is 18.2 Å². The fourth-order valence-electron chi connectivity index (χ4n) is 5.27. The van der Waals surface area contributed by atoms with Crippen LogP contribution >= 0.6 is 0 Å². The van der Waals surface area contributed by atoms with E-state index in [1.54, 1.807) is 35.0 Å². The zero-order valence-electron chi connectivity index (χ0n) is 24.2. The summed E-state index contributed by atoms with van der Waals surface area (Å²) in [5, 5.41) is 10.7. The summed E-state index contributed by atoms with van der Waals surface area (Å²) in [7, 11) is 2.14. The summed E-state index contributed by atoms with van der Waals surface area (Å²) in [5.74, 6) is -0.222. The Bertz CT molecular complexity index is 1450. The van der Waals surface area contributed by atoms with Crippen LogP contribution in [0.2, 0.25) is 0 Å². The van der Waals surface area contributed by atoms with Crippen molar-refractivity contribution in [2.75, 3.05) is 64.7 Å². The minimum Gasteiger partial charge on any atom is -0.352 e. The highest BCUT2D eigenvalue weighted by molar-refractivity contribution is 5.94. The van der Waals surface area contributed by atoms with E-state index in [2.05, 4.69) is 37.6 Å². The van der Waals surface area contributed by atoms with Gasteiger partial charge < -0.3 is 25.3 Å². The highest BCUT2D eigenvalue weighted by Crippen LogP contribution is 2.28. The molecule has 43 heavy (non-hydrogen) atoms. The number of fused-ring (bicyclic) bond motifs is 1. The molecule has 2 aliphatic heterocycles. The number of carbonyl (C=O) groups excluding carboxylic acids is 2. The third-order valence-electron chi connectivity index (χ3n) is 7.83. The number of nitrogens with one attached hydrogen (secondary N) is 2. The number of anilines is 2. The molecule has 0 aliphatic carbocycles. The number of nitrogens with zero attached hydrogens (tertiary/aromatic N) is 6. The molecule has 2 N–H and O–H groups in total. The second-order valence-electron chi connectivity index (χ2n) is 11.0. The number of hydrogen-bond donors (Lipinski definition) is 2. The number of rotatable bonds is 10. The van der Waals surface area contributed by atoms with Gasteiger partial charge >= 0.3 is 6.18 Å².